The zero-order valence-corrected chi connectivity index (χ0v) is 17.9. The summed E-state index contributed by atoms with van der Waals surface area (Å²) in [5.74, 6) is 2.72. The lowest BCUT2D eigenvalue weighted by molar-refractivity contribution is -1.02. The van der Waals surface area contributed by atoms with Crippen LogP contribution in [0.25, 0.3) is 0 Å². The summed E-state index contributed by atoms with van der Waals surface area (Å²) >= 11 is 3.58. The van der Waals surface area contributed by atoms with Gasteiger partial charge >= 0.3 is 0 Å². The molecule has 0 radical (unpaired) electrons. The van der Waals surface area contributed by atoms with E-state index in [1.807, 2.05) is 18.2 Å². The molecule has 0 aromatic heterocycles. The number of methoxy groups -OCH3 is 3. The highest BCUT2D eigenvalue weighted by Gasteiger charge is 2.24. The minimum atomic E-state index is 0.884. The van der Waals surface area contributed by atoms with Crippen LogP contribution in [-0.4, -0.2) is 47.5 Å². The predicted molar refractivity (Wildman–Crippen MR) is 109 cm³/mol. The lowest BCUT2D eigenvalue weighted by atomic mass is 10.1. The third kappa shape index (κ3) is 5.15. The summed E-state index contributed by atoms with van der Waals surface area (Å²) in [7, 11) is 5.14. The molecule has 146 valence electrons. The molecule has 6 heteroatoms. The molecule has 0 amide bonds. The number of hydrogen-bond acceptors (Lipinski definition) is 3. The van der Waals surface area contributed by atoms with Crippen LogP contribution in [0.4, 0.5) is 0 Å². The number of benzene rings is 2. The fourth-order valence-corrected chi connectivity index (χ4v) is 4.30. The van der Waals surface area contributed by atoms with Crippen molar-refractivity contribution in [3.8, 4) is 17.2 Å². The molecular formula is C21H29BrN2O3+2. The van der Waals surface area contributed by atoms with E-state index >= 15 is 0 Å². The van der Waals surface area contributed by atoms with Crippen LogP contribution < -0.4 is 24.0 Å². The second kappa shape index (κ2) is 9.44. The van der Waals surface area contributed by atoms with Crippen LogP contribution in [-0.2, 0) is 13.1 Å². The van der Waals surface area contributed by atoms with Crippen molar-refractivity contribution in [2.45, 2.75) is 13.1 Å². The van der Waals surface area contributed by atoms with Crippen molar-refractivity contribution in [3.63, 3.8) is 0 Å². The number of rotatable bonds is 7. The number of ether oxygens (including phenoxy) is 3. The minimum absolute atomic E-state index is 0.884. The molecule has 1 fully saturated rings. The Hall–Kier alpha value is -1.76. The Labute approximate surface area is 169 Å². The van der Waals surface area contributed by atoms with Crippen molar-refractivity contribution >= 4 is 15.9 Å². The van der Waals surface area contributed by atoms with Gasteiger partial charge in [-0.25, -0.2) is 0 Å². The van der Waals surface area contributed by atoms with Gasteiger partial charge in [0.25, 0.3) is 0 Å². The van der Waals surface area contributed by atoms with Gasteiger partial charge in [-0.2, -0.15) is 0 Å². The third-order valence-electron chi connectivity index (χ3n) is 5.26. The van der Waals surface area contributed by atoms with E-state index in [-0.39, 0.29) is 0 Å². The summed E-state index contributed by atoms with van der Waals surface area (Å²) in [5.41, 5.74) is 2.56. The average Bonchev–Trinajstić information content (AvgIpc) is 2.69. The van der Waals surface area contributed by atoms with Crippen LogP contribution in [0, 0.1) is 0 Å². The maximum Gasteiger partial charge on any atom is 0.133 e. The number of piperazine rings is 1. The van der Waals surface area contributed by atoms with Gasteiger partial charge in [-0.05, 0) is 52.3 Å². The topological polar surface area (TPSA) is 36.6 Å². The van der Waals surface area contributed by atoms with Crippen LogP contribution in [0.5, 0.6) is 17.2 Å². The second-order valence-electron chi connectivity index (χ2n) is 7.00. The summed E-state index contributed by atoms with van der Waals surface area (Å²) < 4.78 is 17.2. The molecule has 27 heavy (non-hydrogen) atoms. The summed E-state index contributed by atoms with van der Waals surface area (Å²) in [6.45, 7) is 6.69. The Kier molecular flexibility index (Phi) is 6.99. The first-order valence-corrected chi connectivity index (χ1v) is 10.1. The highest BCUT2D eigenvalue weighted by molar-refractivity contribution is 9.10. The summed E-state index contributed by atoms with van der Waals surface area (Å²) in [5, 5.41) is 0. The molecule has 1 aliphatic rings. The largest absolute Gasteiger partial charge is 0.497 e. The summed E-state index contributed by atoms with van der Waals surface area (Å²) in [6.07, 6.45) is 0. The standard InChI is InChI=1S/C21H27BrN2O3/c1-25-18-5-7-20(26-2)17(13-18)15-24-10-8-23(9-11-24)14-16-4-6-21(27-3)19(22)12-16/h4-7,12-13H,8-11,14-15H2,1-3H3/p+2. The van der Waals surface area contributed by atoms with Gasteiger partial charge in [0.15, 0.2) is 0 Å². The third-order valence-corrected chi connectivity index (χ3v) is 5.88. The maximum atomic E-state index is 5.53. The number of hydrogen-bond donors (Lipinski definition) is 2. The van der Waals surface area contributed by atoms with Gasteiger partial charge in [-0.15, -0.1) is 0 Å². The molecule has 1 aliphatic heterocycles. The van der Waals surface area contributed by atoms with Gasteiger partial charge < -0.3 is 24.0 Å². The highest BCUT2D eigenvalue weighted by atomic mass is 79.9. The lowest BCUT2D eigenvalue weighted by Gasteiger charge is -2.30. The number of nitrogens with one attached hydrogen (secondary N) is 2. The Bertz CT molecular complexity index is 761. The van der Waals surface area contributed by atoms with E-state index in [9.17, 15) is 0 Å². The van der Waals surface area contributed by atoms with Gasteiger partial charge in [0.2, 0.25) is 0 Å². The Morgan fingerprint density at radius 2 is 1.41 bits per heavy atom. The van der Waals surface area contributed by atoms with Gasteiger partial charge in [0.05, 0.1) is 31.4 Å². The molecule has 1 saturated heterocycles. The first kappa shape index (κ1) is 20.0. The second-order valence-corrected chi connectivity index (χ2v) is 7.85. The molecule has 0 spiro atoms. The van der Waals surface area contributed by atoms with Crippen LogP contribution in [0.1, 0.15) is 11.1 Å². The van der Waals surface area contributed by atoms with Crippen molar-refractivity contribution in [3.05, 3.63) is 52.0 Å². The van der Waals surface area contributed by atoms with Crippen molar-refractivity contribution in [2.24, 2.45) is 0 Å². The highest BCUT2D eigenvalue weighted by Crippen LogP contribution is 2.25. The summed E-state index contributed by atoms with van der Waals surface area (Å²) in [4.78, 5) is 3.23. The average molecular weight is 437 g/mol. The molecule has 3 rings (SSSR count). The van der Waals surface area contributed by atoms with Gasteiger partial charge in [-0.1, -0.05) is 0 Å². The predicted octanol–water partition coefficient (Wildman–Crippen LogP) is 0.959. The van der Waals surface area contributed by atoms with Crippen LogP contribution in [0.3, 0.4) is 0 Å². The fraction of sp³-hybridized carbons (Fsp3) is 0.429. The SMILES string of the molecule is COc1ccc(OC)c(C[NH+]2CC[NH+](Cc3ccc(OC)c(Br)c3)CC2)c1. The molecule has 0 unspecified atom stereocenters. The van der Waals surface area contributed by atoms with E-state index < -0.39 is 0 Å². The molecule has 0 saturated carbocycles. The number of halogens is 1. The molecule has 2 aromatic rings. The van der Waals surface area contributed by atoms with Crippen molar-refractivity contribution in [1.29, 1.82) is 0 Å². The van der Waals surface area contributed by atoms with Crippen molar-refractivity contribution < 1.29 is 24.0 Å². The van der Waals surface area contributed by atoms with Crippen molar-refractivity contribution in [1.82, 2.24) is 0 Å². The van der Waals surface area contributed by atoms with Crippen LogP contribution >= 0.6 is 15.9 Å². The lowest BCUT2D eigenvalue weighted by Crippen LogP contribution is -3.27. The van der Waals surface area contributed by atoms with Crippen LogP contribution in [0.15, 0.2) is 40.9 Å². The van der Waals surface area contributed by atoms with E-state index in [4.69, 9.17) is 14.2 Å². The maximum absolute atomic E-state index is 5.53. The zero-order valence-electron chi connectivity index (χ0n) is 16.3. The van der Waals surface area contributed by atoms with E-state index in [0.717, 1.165) is 47.9 Å². The Balaban J connectivity index is 1.55. The van der Waals surface area contributed by atoms with E-state index in [1.165, 1.54) is 24.2 Å². The zero-order chi connectivity index (χ0) is 19.2. The molecular weight excluding hydrogens is 408 g/mol. The van der Waals surface area contributed by atoms with Crippen LogP contribution in [0.2, 0.25) is 0 Å². The van der Waals surface area contributed by atoms with Gasteiger partial charge in [-0.3, -0.25) is 0 Å². The molecule has 0 aliphatic carbocycles. The van der Waals surface area contributed by atoms with Crippen molar-refractivity contribution in [2.75, 3.05) is 47.5 Å². The van der Waals surface area contributed by atoms with E-state index in [1.54, 1.807) is 31.1 Å². The van der Waals surface area contributed by atoms with E-state index in [2.05, 4.69) is 34.1 Å². The first-order valence-electron chi connectivity index (χ1n) is 9.33. The molecule has 0 bridgehead atoms. The van der Waals surface area contributed by atoms with E-state index in [0.29, 0.717) is 0 Å². The first-order chi connectivity index (χ1) is 13.1. The molecule has 0 atom stereocenters. The monoisotopic (exact) mass is 436 g/mol. The van der Waals surface area contributed by atoms with Gasteiger partial charge in [0, 0.05) is 5.56 Å². The van der Waals surface area contributed by atoms with Gasteiger partial charge in [0.1, 0.15) is 56.5 Å². The normalized spacial score (nSPS) is 19.6. The quantitative estimate of drug-likeness (QED) is 0.678. The Morgan fingerprint density at radius 1 is 0.778 bits per heavy atom. The molecule has 1 heterocycles. The molecule has 2 aromatic carbocycles. The Morgan fingerprint density at radius 3 is 2.00 bits per heavy atom. The summed E-state index contributed by atoms with van der Waals surface area (Å²) in [6, 6.07) is 12.4. The minimum Gasteiger partial charge on any atom is -0.497 e. The number of quaternary nitrogens is 2. The fourth-order valence-electron chi connectivity index (χ4n) is 3.71. The molecule has 2 N–H and O–H groups in total. The molecule has 5 nitrogen and oxygen atoms in total. The smallest absolute Gasteiger partial charge is 0.133 e.